The van der Waals surface area contributed by atoms with Gasteiger partial charge in [-0.2, -0.15) is 0 Å². The van der Waals surface area contributed by atoms with Gasteiger partial charge in [-0.1, -0.05) is 42.1 Å². The van der Waals surface area contributed by atoms with Gasteiger partial charge >= 0.3 is 0 Å². The zero-order chi connectivity index (χ0) is 17.5. The van der Waals surface area contributed by atoms with Gasteiger partial charge in [-0.05, 0) is 24.1 Å². The second-order valence-corrected chi connectivity index (χ2v) is 6.68. The average Bonchev–Trinajstić information content (AvgIpc) is 3.25. The molecule has 3 aromatic rings. The summed E-state index contributed by atoms with van der Waals surface area (Å²) in [5.74, 6) is 2.13. The number of aryl methyl sites for hydroxylation is 2. The maximum Gasteiger partial charge on any atom is 0.217 e. The Morgan fingerprint density at radius 2 is 1.96 bits per heavy atom. The molecule has 2 N–H and O–H groups in total. The standard InChI is InChI=1S/C18H20N4O2S/c19-16(23)8-9-17-20-21-18(22(17)13-15-7-4-11-24-15)25-12-10-14-5-2-1-3-6-14/h1-7,11H,8-10,12-13H2,(H2,19,23). The summed E-state index contributed by atoms with van der Waals surface area (Å²) in [6, 6.07) is 14.1. The van der Waals surface area contributed by atoms with E-state index in [0.717, 1.165) is 28.9 Å². The molecule has 0 fully saturated rings. The Labute approximate surface area is 150 Å². The number of thioether (sulfide) groups is 1. The number of hydrogen-bond acceptors (Lipinski definition) is 5. The highest BCUT2D eigenvalue weighted by Crippen LogP contribution is 2.21. The monoisotopic (exact) mass is 356 g/mol. The Morgan fingerprint density at radius 1 is 1.12 bits per heavy atom. The lowest BCUT2D eigenvalue weighted by Crippen LogP contribution is -2.14. The summed E-state index contributed by atoms with van der Waals surface area (Å²) < 4.78 is 7.44. The van der Waals surface area contributed by atoms with Crippen molar-refractivity contribution in [2.24, 2.45) is 5.73 Å². The van der Waals surface area contributed by atoms with Crippen molar-refractivity contribution in [2.45, 2.75) is 31.0 Å². The minimum atomic E-state index is -0.342. The van der Waals surface area contributed by atoms with Gasteiger partial charge in [0, 0.05) is 18.6 Å². The molecular formula is C18H20N4O2S. The topological polar surface area (TPSA) is 86.9 Å². The van der Waals surface area contributed by atoms with Crippen molar-refractivity contribution in [1.29, 1.82) is 0 Å². The van der Waals surface area contributed by atoms with Gasteiger partial charge in [-0.15, -0.1) is 10.2 Å². The van der Waals surface area contributed by atoms with Crippen LogP contribution in [0.3, 0.4) is 0 Å². The lowest BCUT2D eigenvalue weighted by Gasteiger charge is -2.08. The lowest BCUT2D eigenvalue weighted by atomic mass is 10.2. The van der Waals surface area contributed by atoms with Gasteiger partial charge in [0.15, 0.2) is 5.16 Å². The van der Waals surface area contributed by atoms with E-state index in [-0.39, 0.29) is 12.3 Å². The number of carbonyl (C=O) groups excluding carboxylic acids is 1. The SMILES string of the molecule is NC(=O)CCc1nnc(SCCc2ccccc2)n1Cc1ccco1. The zero-order valence-electron chi connectivity index (χ0n) is 13.8. The maximum atomic E-state index is 11.1. The maximum absolute atomic E-state index is 11.1. The Hall–Kier alpha value is -2.54. The van der Waals surface area contributed by atoms with E-state index in [1.54, 1.807) is 18.0 Å². The van der Waals surface area contributed by atoms with Crippen molar-refractivity contribution in [3.63, 3.8) is 0 Å². The highest BCUT2D eigenvalue weighted by atomic mass is 32.2. The van der Waals surface area contributed by atoms with E-state index in [2.05, 4.69) is 22.3 Å². The number of benzene rings is 1. The number of primary amides is 1. The Bertz CT molecular complexity index is 800. The first-order valence-electron chi connectivity index (χ1n) is 8.12. The Morgan fingerprint density at radius 3 is 2.68 bits per heavy atom. The first-order chi connectivity index (χ1) is 12.2. The fourth-order valence-electron chi connectivity index (χ4n) is 2.47. The molecule has 0 saturated heterocycles. The van der Waals surface area contributed by atoms with Crippen LogP contribution < -0.4 is 5.73 Å². The first-order valence-corrected chi connectivity index (χ1v) is 9.10. The van der Waals surface area contributed by atoms with E-state index in [4.69, 9.17) is 10.2 Å². The average molecular weight is 356 g/mol. The molecule has 3 rings (SSSR count). The number of aromatic nitrogens is 3. The molecule has 2 heterocycles. The quantitative estimate of drug-likeness (QED) is 0.596. The van der Waals surface area contributed by atoms with Crippen molar-refractivity contribution in [2.75, 3.05) is 5.75 Å². The highest BCUT2D eigenvalue weighted by molar-refractivity contribution is 7.99. The van der Waals surface area contributed by atoms with Crippen molar-refractivity contribution < 1.29 is 9.21 Å². The molecule has 6 nitrogen and oxygen atoms in total. The van der Waals surface area contributed by atoms with Gasteiger partial charge in [-0.25, -0.2) is 0 Å². The van der Waals surface area contributed by atoms with Gasteiger partial charge < -0.3 is 10.2 Å². The predicted molar refractivity (Wildman–Crippen MR) is 96.2 cm³/mol. The largest absolute Gasteiger partial charge is 0.467 e. The number of hydrogen-bond donors (Lipinski definition) is 1. The van der Waals surface area contributed by atoms with E-state index in [0.29, 0.717) is 13.0 Å². The van der Waals surface area contributed by atoms with Gasteiger partial charge in [0.25, 0.3) is 0 Å². The van der Waals surface area contributed by atoms with E-state index in [1.807, 2.05) is 34.9 Å². The number of amides is 1. The highest BCUT2D eigenvalue weighted by Gasteiger charge is 2.14. The molecule has 0 aliphatic rings. The number of rotatable bonds is 9. The summed E-state index contributed by atoms with van der Waals surface area (Å²) in [4.78, 5) is 11.1. The van der Waals surface area contributed by atoms with Crippen LogP contribution in [-0.2, 0) is 24.2 Å². The Balaban J connectivity index is 1.69. The summed E-state index contributed by atoms with van der Waals surface area (Å²) in [5.41, 5.74) is 6.55. The summed E-state index contributed by atoms with van der Waals surface area (Å²) in [5, 5.41) is 9.35. The summed E-state index contributed by atoms with van der Waals surface area (Å²) >= 11 is 1.65. The van der Waals surface area contributed by atoms with Crippen LogP contribution in [0, 0.1) is 0 Å². The smallest absolute Gasteiger partial charge is 0.217 e. The molecule has 25 heavy (non-hydrogen) atoms. The molecule has 0 atom stereocenters. The molecule has 1 aromatic carbocycles. The third-order valence-corrected chi connectivity index (χ3v) is 4.72. The molecule has 0 unspecified atom stereocenters. The van der Waals surface area contributed by atoms with E-state index in [1.165, 1.54) is 5.56 Å². The predicted octanol–water partition coefficient (Wildman–Crippen LogP) is 2.67. The third kappa shape index (κ3) is 4.96. The minimum Gasteiger partial charge on any atom is -0.467 e. The normalized spacial score (nSPS) is 10.9. The molecule has 0 saturated carbocycles. The van der Waals surface area contributed by atoms with Gasteiger partial charge in [0.05, 0.1) is 12.8 Å². The number of carbonyl (C=O) groups is 1. The fraction of sp³-hybridized carbons (Fsp3) is 0.278. The first kappa shape index (κ1) is 17.3. The lowest BCUT2D eigenvalue weighted by molar-refractivity contribution is -0.118. The molecular weight excluding hydrogens is 336 g/mol. The molecule has 0 aliphatic heterocycles. The number of nitrogens with zero attached hydrogens (tertiary/aromatic N) is 3. The van der Waals surface area contributed by atoms with E-state index < -0.39 is 0 Å². The van der Waals surface area contributed by atoms with Crippen LogP contribution in [0.2, 0.25) is 0 Å². The second-order valence-electron chi connectivity index (χ2n) is 5.61. The van der Waals surface area contributed by atoms with Crippen molar-refractivity contribution in [1.82, 2.24) is 14.8 Å². The molecule has 1 amide bonds. The van der Waals surface area contributed by atoms with Crippen LogP contribution in [0.25, 0.3) is 0 Å². The van der Waals surface area contributed by atoms with Gasteiger partial charge in [-0.3, -0.25) is 9.36 Å². The van der Waals surface area contributed by atoms with Gasteiger partial charge in [0.2, 0.25) is 5.91 Å². The molecule has 0 spiro atoms. The zero-order valence-corrected chi connectivity index (χ0v) is 14.6. The minimum absolute atomic E-state index is 0.255. The summed E-state index contributed by atoms with van der Waals surface area (Å²) in [6.45, 7) is 0.543. The van der Waals surface area contributed by atoms with Crippen molar-refractivity contribution in [3.05, 3.63) is 65.9 Å². The van der Waals surface area contributed by atoms with Crippen LogP contribution >= 0.6 is 11.8 Å². The number of nitrogens with two attached hydrogens (primary N) is 1. The third-order valence-electron chi connectivity index (χ3n) is 3.75. The van der Waals surface area contributed by atoms with Crippen LogP contribution in [0.15, 0.2) is 58.3 Å². The number of furan rings is 1. The van der Waals surface area contributed by atoms with Crippen LogP contribution in [0.5, 0.6) is 0 Å². The van der Waals surface area contributed by atoms with Crippen LogP contribution in [0.4, 0.5) is 0 Å². The van der Waals surface area contributed by atoms with Crippen molar-refractivity contribution >= 4 is 17.7 Å². The fourth-order valence-corrected chi connectivity index (χ4v) is 3.41. The summed E-state index contributed by atoms with van der Waals surface area (Å²) in [6.07, 6.45) is 3.33. The van der Waals surface area contributed by atoms with E-state index >= 15 is 0 Å². The molecule has 0 aliphatic carbocycles. The van der Waals surface area contributed by atoms with Crippen molar-refractivity contribution in [3.8, 4) is 0 Å². The second kappa shape index (κ2) is 8.53. The summed E-state index contributed by atoms with van der Waals surface area (Å²) in [7, 11) is 0. The van der Waals surface area contributed by atoms with Gasteiger partial charge in [0.1, 0.15) is 11.6 Å². The van der Waals surface area contributed by atoms with E-state index in [9.17, 15) is 4.79 Å². The molecule has 7 heteroatoms. The Kier molecular flexibility index (Phi) is 5.90. The van der Waals surface area contributed by atoms with Crippen LogP contribution in [0.1, 0.15) is 23.6 Å². The van der Waals surface area contributed by atoms with Crippen LogP contribution in [-0.4, -0.2) is 26.4 Å². The molecule has 130 valence electrons. The molecule has 0 radical (unpaired) electrons. The molecule has 0 bridgehead atoms. The molecule has 2 aromatic heterocycles.